The van der Waals surface area contributed by atoms with Crippen LogP contribution in [0, 0.1) is 12.7 Å². The number of aliphatic hydroxyl groups is 1. The molecule has 3 rings (SSSR count). The highest BCUT2D eigenvalue weighted by atomic mass is 19.1. The highest BCUT2D eigenvalue weighted by molar-refractivity contribution is 6.46. The molecule has 0 saturated carbocycles. The van der Waals surface area contributed by atoms with Crippen LogP contribution >= 0.6 is 0 Å². The summed E-state index contributed by atoms with van der Waals surface area (Å²) in [5, 5.41) is 11.1. The molecule has 2 aromatic carbocycles. The maximum atomic E-state index is 14.7. The van der Waals surface area contributed by atoms with Gasteiger partial charge in [0.05, 0.1) is 18.2 Å². The van der Waals surface area contributed by atoms with Crippen molar-refractivity contribution < 1.29 is 23.8 Å². The predicted octanol–water partition coefficient (Wildman–Crippen LogP) is 3.52. The highest BCUT2D eigenvalue weighted by Gasteiger charge is 2.46. The topological polar surface area (TPSA) is 70.1 Å². The van der Waals surface area contributed by atoms with Crippen LogP contribution in [0.25, 0.3) is 5.76 Å². The zero-order valence-electron chi connectivity index (χ0n) is 18.2. The van der Waals surface area contributed by atoms with Crippen molar-refractivity contribution in [3.63, 3.8) is 0 Å². The van der Waals surface area contributed by atoms with Crippen LogP contribution in [0.3, 0.4) is 0 Å². The number of hydrogen-bond donors (Lipinski definition) is 1. The first kappa shape index (κ1) is 22.5. The Labute approximate surface area is 181 Å². The summed E-state index contributed by atoms with van der Waals surface area (Å²) in [6.07, 6.45) is 0. The number of benzene rings is 2. The van der Waals surface area contributed by atoms with Gasteiger partial charge in [-0.25, -0.2) is 4.39 Å². The summed E-state index contributed by atoms with van der Waals surface area (Å²) in [6, 6.07) is 10.0. The fourth-order valence-electron chi connectivity index (χ4n) is 3.71. The van der Waals surface area contributed by atoms with Gasteiger partial charge in [0.25, 0.3) is 11.7 Å². The van der Waals surface area contributed by atoms with Gasteiger partial charge in [-0.05, 0) is 57.8 Å². The summed E-state index contributed by atoms with van der Waals surface area (Å²) in [6.45, 7) is 4.90. The Morgan fingerprint density at radius 3 is 2.52 bits per heavy atom. The molecule has 1 amide bonds. The number of rotatable bonds is 7. The molecule has 0 aliphatic carbocycles. The minimum Gasteiger partial charge on any atom is -0.507 e. The Balaban J connectivity index is 2.15. The second-order valence-electron chi connectivity index (χ2n) is 7.73. The molecule has 0 bridgehead atoms. The molecule has 6 nitrogen and oxygen atoms in total. The van der Waals surface area contributed by atoms with Crippen molar-refractivity contribution in [2.45, 2.75) is 19.9 Å². The monoisotopic (exact) mass is 426 g/mol. The quantitative estimate of drug-likeness (QED) is 0.417. The number of aliphatic hydroxyl groups excluding tert-OH is 1. The van der Waals surface area contributed by atoms with Crippen LogP contribution in [0.1, 0.15) is 29.7 Å². The van der Waals surface area contributed by atoms with Crippen molar-refractivity contribution in [1.82, 2.24) is 9.80 Å². The number of nitrogens with zero attached hydrogens (tertiary/aromatic N) is 2. The minimum atomic E-state index is -1.01. The van der Waals surface area contributed by atoms with Crippen LogP contribution in [-0.4, -0.2) is 60.4 Å². The van der Waals surface area contributed by atoms with Crippen LogP contribution in [0.15, 0.2) is 48.0 Å². The van der Waals surface area contributed by atoms with E-state index < -0.39 is 23.5 Å². The van der Waals surface area contributed by atoms with E-state index in [1.165, 1.54) is 17.0 Å². The number of likely N-dealkylation sites (N-methyl/N-ethyl adjacent to an activating group) is 1. The van der Waals surface area contributed by atoms with Crippen molar-refractivity contribution in [2.75, 3.05) is 33.8 Å². The average molecular weight is 426 g/mol. The van der Waals surface area contributed by atoms with Crippen molar-refractivity contribution in [3.8, 4) is 5.75 Å². The standard InChI is InChI=1S/C24H27FN2O4/c1-5-31-19-11-10-16(14-15(19)2)22(28)20-21(17-8-6-7-9-18(17)25)27(13-12-26(3)4)24(30)23(20)29/h6-11,14,21,28H,5,12-13H2,1-4H3. The number of hydrogen-bond acceptors (Lipinski definition) is 5. The SMILES string of the molecule is CCOc1ccc(C(O)=C2C(=O)C(=O)N(CCN(C)C)C2c2ccccc2F)cc1C. The first-order valence-corrected chi connectivity index (χ1v) is 10.2. The van der Waals surface area contributed by atoms with Crippen LogP contribution < -0.4 is 4.74 Å². The van der Waals surface area contributed by atoms with Crippen molar-refractivity contribution >= 4 is 17.4 Å². The van der Waals surface area contributed by atoms with E-state index in [1.54, 1.807) is 30.3 Å². The van der Waals surface area contributed by atoms with E-state index in [9.17, 15) is 19.1 Å². The van der Waals surface area contributed by atoms with E-state index in [4.69, 9.17) is 4.74 Å². The Hall–Kier alpha value is -3.19. The Morgan fingerprint density at radius 2 is 1.90 bits per heavy atom. The van der Waals surface area contributed by atoms with Crippen molar-refractivity contribution in [1.29, 1.82) is 0 Å². The summed E-state index contributed by atoms with van der Waals surface area (Å²) in [5.74, 6) is -1.78. The lowest BCUT2D eigenvalue weighted by molar-refractivity contribution is -0.140. The van der Waals surface area contributed by atoms with Crippen molar-refractivity contribution in [2.24, 2.45) is 0 Å². The normalized spacial score (nSPS) is 18.1. The molecule has 31 heavy (non-hydrogen) atoms. The second kappa shape index (κ2) is 9.31. The van der Waals surface area contributed by atoms with E-state index in [1.807, 2.05) is 32.8 Å². The van der Waals surface area contributed by atoms with E-state index >= 15 is 0 Å². The smallest absolute Gasteiger partial charge is 0.295 e. The molecule has 1 aliphatic heterocycles. The van der Waals surface area contributed by atoms with Gasteiger partial charge in [0.1, 0.15) is 17.3 Å². The van der Waals surface area contributed by atoms with Crippen molar-refractivity contribution in [3.05, 3.63) is 70.5 Å². The molecule has 164 valence electrons. The Bertz CT molecular complexity index is 1030. The molecular formula is C24H27FN2O4. The van der Waals surface area contributed by atoms with E-state index in [0.29, 0.717) is 24.5 Å². The molecule has 1 atom stereocenters. The van der Waals surface area contributed by atoms with Crippen LogP contribution in [0.4, 0.5) is 4.39 Å². The van der Waals surface area contributed by atoms with Gasteiger partial charge in [0.15, 0.2) is 0 Å². The predicted molar refractivity (Wildman–Crippen MR) is 116 cm³/mol. The van der Waals surface area contributed by atoms with Crippen LogP contribution in [0.2, 0.25) is 0 Å². The van der Waals surface area contributed by atoms with E-state index in [2.05, 4.69) is 0 Å². The lowest BCUT2D eigenvalue weighted by Gasteiger charge is -2.26. The number of halogens is 1. The van der Waals surface area contributed by atoms with Crippen LogP contribution in [0.5, 0.6) is 5.75 Å². The molecule has 1 heterocycles. The van der Waals surface area contributed by atoms with E-state index in [-0.39, 0.29) is 23.4 Å². The third kappa shape index (κ3) is 4.46. The van der Waals surface area contributed by atoms with Gasteiger partial charge in [0.2, 0.25) is 0 Å². The fraction of sp³-hybridized carbons (Fsp3) is 0.333. The molecule has 0 radical (unpaired) electrons. The number of carbonyl (C=O) groups excluding carboxylic acids is 2. The number of amides is 1. The zero-order valence-corrected chi connectivity index (χ0v) is 18.2. The van der Waals surface area contributed by atoms with Gasteiger partial charge in [-0.15, -0.1) is 0 Å². The maximum Gasteiger partial charge on any atom is 0.295 e. The average Bonchev–Trinajstić information content (AvgIpc) is 2.98. The summed E-state index contributed by atoms with van der Waals surface area (Å²) in [7, 11) is 3.69. The summed E-state index contributed by atoms with van der Waals surface area (Å²) < 4.78 is 20.3. The Kier molecular flexibility index (Phi) is 6.75. The first-order valence-electron chi connectivity index (χ1n) is 10.2. The third-order valence-electron chi connectivity index (χ3n) is 5.28. The number of carbonyl (C=O) groups is 2. The molecule has 7 heteroatoms. The van der Waals surface area contributed by atoms with Gasteiger partial charge in [0, 0.05) is 24.2 Å². The molecule has 2 aromatic rings. The van der Waals surface area contributed by atoms with Gasteiger partial charge in [-0.1, -0.05) is 18.2 Å². The largest absolute Gasteiger partial charge is 0.507 e. The number of ether oxygens (including phenoxy) is 1. The molecule has 1 unspecified atom stereocenters. The summed E-state index contributed by atoms with van der Waals surface area (Å²) >= 11 is 0. The second-order valence-corrected chi connectivity index (χ2v) is 7.73. The first-order chi connectivity index (χ1) is 14.8. The highest BCUT2D eigenvalue weighted by Crippen LogP contribution is 2.40. The number of Topliss-reactive ketones (excluding diaryl/α,β-unsaturated/α-hetero) is 1. The zero-order chi connectivity index (χ0) is 22.7. The fourth-order valence-corrected chi connectivity index (χ4v) is 3.71. The van der Waals surface area contributed by atoms with Crippen LogP contribution in [-0.2, 0) is 9.59 Å². The lowest BCUT2D eigenvalue weighted by Crippen LogP contribution is -2.35. The number of ketones is 1. The number of likely N-dealkylation sites (tertiary alicyclic amines) is 1. The Morgan fingerprint density at radius 1 is 1.19 bits per heavy atom. The van der Waals surface area contributed by atoms with Gasteiger partial charge in [-0.3, -0.25) is 9.59 Å². The van der Waals surface area contributed by atoms with Gasteiger partial charge in [-0.2, -0.15) is 0 Å². The summed E-state index contributed by atoms with van der Waals surface area (Å²) in [4.78, 5) is 29.0. The van der Waals surface area contributed by atoms with E-state index in [0.717, 1.165) is 5.56 Å². The molecule has 0 aromatic heterocycles. The lowest BCUT2D eigenvalue weighted by atomic mass is 9.94. The molecule has 1 aliphatic rings. The van der Waals surface area contributed by atoms with Gasteiger partial charge < -0.3 is 19.6 Å². The molecular weight excluding hydrogens is 399 g/mol. The molecule has 1 fully saturated rings. The maximum absolute atomic E-state index is 14.7. The van der Waals surface area contributed by atoms with Gasteiger partial charge >= 0.3 is 0 Å². The molecule has 1 saturated heterocycles. The summed E-state index contributed by atoms with van der Waals surface area (Å²) in [5.41, 5.74) is 1.20. The molecule has 1 N–H and O–H groups in total. The third-order valence-corrected chi connectivity index (χ3v) is 5.28. The molecule has 0 spiro atoms. The number of aryl methyl sites for hydroxylation is 1. The minimum absolute atomic E-state index is 0.114.